The zero-order valence-corrected chi connectivity index (χ0v) is 13.1. The minimum Gasteiger partial charge on any atom is -0.387 e. The third kappa shape index (κ3) is 3.94. The lowest BCUT2D eigenvalue weighted by molar-refractivity contribution is 0.191. The van der Waals surface area contributed by atoms with Crippen LogP contribution in [0.2, 0.25) is 5.02 Å². The lowest BCUT2D eigenvalue weighted by Gasteiger charge is -2.15. The molecule has 6 heteroatoms. The minimum atomic E-state index is -0.772. The smallest absolute Gasteiger partial charge is 0.125 e. The zero-order valence-electron chi connectivity index (χ0n) is 10.8. The van der Waals surface area contributed by atoms with Crippen LogP contribution in [-0.2, 0) is 0 Å². The van der Waals surface area contributed by atoms with E-state index < -0.39 is 11.9 Å². The molecule has 2 aromatic carbocycles. The first-order chi connectivity index (χ1) is 10.0. The molecule has 0 aliphatic rings. The maximum absolute atomic E-state index is 13.1. The van der Waals surface area contributed by atoms with Crippen LogP contribution in [0.15, 0.2) is 40.9 Å². The van der Waals surface area contributed by atoms with Crippen LogP contribution in [0.1, 0.15) is 17.2 Å². The maximum Gasteiger partial charge on any atom is 0.125 e. The van der Waals surface area contributed by atoms with Crippen LogP contribution in [-0.4, -0.2) is 11.7 Å². The van der Waals surface area contributed by atoms with Crippen LogP contribution >= 0.6 is 27.5 Å². The van der Waals surface area contributed by atoms with Crippen LogP contribution < -0.4 is 5.32 Å². The molecule has 0 spiro atoms. The quantitative estimate of drug-likeness (QED) is 0.846. The number of nitrogens with zero attached hydrogens (tertiary/aromatic N) is 1. The highest BCUT2D eigenvalue weighted by Gasteiger charge is 2.11. The van der Waals surface area contributed by atoms with Gasteiger partial charge in [0.2, 0.25) is 0 Å². The number of nitrogens with one attached hydrogen (secondary N) is 1. The summed E-state index contributed by atoms with van der Waals surface area (Å²) in [5.41, 5.74) is 1.73. The number of nitriles is 1. The van der Waals surface area contributed by atoms with Gasteiger partial charge in [0.1, 0.15) is 5.82 Å². The van der Waals surface area contributed by atoms with E-state index in [0.717, 1.165) is 0 Å². The molecule has 1 unspecified atom stereocenters. The van der Waals surface area contributed by atoms with Crippen molar-refractivity contribution in [2.45, 2.75) is 6.10 Å². The average molecular weight is 370 g/mol. The molecule has 3 nitrogen and oxygen atoms in total. The fourth-order valence-electron chi connectivity index (χ4n) is 1.81. The molecule has 0 aromatic heterocycles. The first-order valence-corrected chi connectivity index (χ1v) is 7.25. The Morgan fingerprint density at radius 2 is 2.00 bits per heavy atom. The summed E-state index contributed by atoms with van der Waals surface area (Å²) < 4.78 is 13.6. The van der Waals surface area contributed by atoms with E-state index in [0.29, 0.717) is 21.3 Å². The SMILES string of the molecule is N#Cc1ccc(C(O)CNc2c(Cl)cc(F)cc2Br)cc1. The number of rotatable bonds is 4. The van der Waals surface area contributed by atoms with E-state index in [1.54, 1.807) is 24.3 Å². The van der Waals surface area contributed by atoms with Crippen LogP contribution in [0.3, 0.4) is 0 Å². The Bertz CT molecular complexity index is 662. The van der Waals surface area contributed by atoms with Gasteiger partial charge in [0.15, 0.2) is 0 Å². The molecule has 1 atom stereocenters. The van der Waals surface area contributed by atoms with Crippen molar-refractivity contribution in [2.24, 2.45) is 0 Å². The molecule has 0 saturated heterocycles. The molecule has 0 heterocycles. The topological polar surface area (TPSA) is 56.0 Å². The highest BCUT2D eigenvalue weighted by Crippen LogP contribution is 2.32. The number of anilines is 1. The van der Waals surface area contributed by atoms with Gasteiger partial charge in [0.05, 0.1) is 28.4 Å². The summed E-state index contributed by atoms with van der Waals surface area (Å²) in [4.78, 5) is 0. The van der Waals surface area contributed by atoms with Gasteiger partial charge < -0.3 is 10.4 Å². The molecule has 0 aliphatic heterocycles. The second kappa shape index (κ2) is 6.90. The molecule has 0 radical (unpaired) electrons. The van der Waals surface area contributed by atoms with Gasteiger partial charge in [0.25, 0.3) is 0 Å². The summed E-state index contributed by atoms with van der Waals surface area (Å²) >= 11 is 9.17. The normalized spacial score (nSPS) is 11.8. The van der Waals surface area contributed by atoms with Crippen molar-refractivity contribution < 1.29 is 9.50 Å². The summed E-state index contributed by atoms with van der Waals surface area (Å²) in [5, 5.41) is 22.0. The van der Waals surface area contributed by atoms with Crippen molar-refractivity contribution in [1.82, 2.24) is 0 Å². The molecule has 0 bridgehead atoms. The second-order valence-electron chi connectivity index (χ2n) is 4.37. The first-order valence-electron chi connectivity index (χ1n) is 6.08. The lowest BCUT2D eigenvalue weighted by Crippen LogP contribution is -2.12. The van der Waals surface area contributed by atoms with Gasteiger partial charge >= 0.3 is 0 Å². The molecule has 108 valence electrons. The van der Waals surface area contributed by atoms with Crippen molar-refractivity contribution in [3.05, 3.63) is 62.8 Å². The van der Waals surface area contributed by atoms with Crippen molar-refractivity contribution >= 4 is 33.2 Å². The summed E-state index contributed by atoms with van der Waals surface area (Å²) in [6, 6.07) is 11.2. The fourth-order valence-corrected chi connectivity index (χ4v) is 2.77. The molecular formula is C15H11BrClFN2O. The van der Waals surface area contributed by atoms with Crippen LogP contribution in [0.25, 0.3) is 0 Å². The number of aliphatic hydroxyl groups excluding tert-OH is 1. The van der Waals surface area contributed by atoms with Gasteiger partial charge in [-0.3, -0.25) is 0 Å². The monoisotopic (exact) mass is 368 g/mol. The van der Waals surface area contributed by atoms with Gasteiger partial charge in [-0.05, 0) is 45.8 Å². The van der Waals surface area contributed by atoms with E-state index in [2.05, 4.69) is 21.2 Å². The minimum absolute atomic E-state index is 0.204. The fraction of sp³-hybridized carbons (Fsp3) is 0.133. The summed E-state index contributed by atoms with van der Waals surface area (Å²) in [6.45, 7) is 0.204. The van der Waals surface area contributed by atoms with Crippen molar-refractivity contribution in [2.75, 3.05) is 11.9 Å². The van der Waals surface area contributed by atoms with Gasteiger partial charge in [-0.2, -0.15) is 5.26 Å². The maximum atomic E-state index is 13.1. The molecule has 0 aliphatic carbocycles. The molecule has 2 aromatic rings. The van der Waals surface area contributed by atoms with Gasteiger partial charge in [-0.15, -0.1) is 0 Å². The van der Waals surface area contributed by atoms with E-state index in [1.165, 1.54) is 12.1 Å². The van der Waals surface area contributed by atoms with Crippen LogP contribution in [0.4, 0.5) is 10.1 Å². The van der Waals surface area contributed by atoms with Crippen molar-refractivity contribution in [3.8, 4) is 6.07 Å². The standard InChI is InChI=1S/C15H11BrClFN2O/c16-12-5-11(18)6-13(17)15(12)20-8-14(21)10-3-1-9(7-19)2-4-10/h1-6,14,20-21H,8H2. The van der Waals surface area contributed by atoms with Crippen molar-refractivity contribution in [1.29, 1.82) is 5.26 Å². The third-order valence-corrected chi connectivity index (χ3v) is 3.83. The predicted octanol–water partition coefficient (Wildman–Crippen LogP) is 4.26. The van der Waals surface area contributed by atoms with Crippen LogP contribution in [0.5, 0.6) is 0 Å². The summed E-state index contributed by atoms with van der Waals surface area (Å²) in [7, 11) is 0. The number of benzene rings is 2. The Kier molecular flexibility index (Phi) is 5.18. The lowest BCUT2D eigenvalue weighted by atomic mass is 10.1. The van der Waals surface area contributed by atoms with Crippen molar-refractivity contribution in [3.63, 3.8) is 0 Å². The Morgan fingerprint density at radius 3 is 2.57 bits per heavy atom. The second-order valence-corrected chi connectivity index (χ2v) is 5.64. The van der Waals surface area contributed by atoms with E-state index in [1.807, 2.05) is 6.07 Å². The number of hydrogen-bond donors (Lipinski definition) is 2. The molecule has 0 saturated carbocycles. The highest BCUT2D eigenvalue weighted by atomic mass is 79.9. The van der Waals surface area contributed by atoms with E-state index in [4.69, 9.17) is 16.9 Å². The van der Waals surface area contributed by atoms with Crippen LogP contribution in [0, 0.1) is 17.1 Å². The van der Waals surface area contributed by atoms with Gasteiger partial charge in [-0.1, -0.05) is 23.7 Å². The molecular weight excluding hydrogens is 359 g/mol. The highest BCUT2D eigenvalue weighted by molar-refractivity contribution is 9.10. The Hall–Kier alpha value is -1.61. The largest absolute Gasteiger partial charge is 0.387 e. The Labute approximate surface area is 135 Å². The average Bonchev–Trinajstić information content (AvgIpc) is 2.46. The summed E-state index contributed by atoms with van der Waals surface area (Å²) in [5.74, 6) is -0.440. The van der Waals surface area contributed by atoms with E-state index in [-0.39, 0.29) is 11.6 Å². The van der Waals surface area contributed by atoms with E-state index in [9.17, 15) is 9.50 Å². The van der Waals surface area contributed by atoms with Gasteiger partial charge in [0, 0.05) is 11.0 Å². The molecule has 0 amide bonds. The summed E-state index contributed by atoms with van der Waals surface area (Å²) in [6.07, 6.45) is -0.772. The first kappa shape index (κ1) is 15.8. The molecule has 21 heavy (non-hydrogen) atoms. The molecule has 0 fully saturated rings. The van der Waals surface area contributed by atoms with Gasteiger partial charge in [-0.25, -0.2) is 4.39 Å². The molecule has 2 N–H and O–H groups in total. The third-order valence-electron chi connectivity index (χ3n) is 2.90. The Morgan fingerprint density at radius 1 is 1.33 bits per heavy atom. The van der Waals surface area contributed by atoms with E-state index >= 15 is 0 Å². The predicted molar refractivity (Wildman–Crippen MR) is 83.7 cm³/mol. The number of hydrogen-bond acceptors (Lipinski definition) is 3. The molecule has 2 rings (SSSR count). The zero-order chi connectivity index (χ0) is 15.4. The Balaban J connectivity index is 2.07. The number of halogens is 3. The number of aliphatic hydroxyl groups is 1.